The van der Waals surface area contributed by atoms with Gasteiger partial charge in [-0.25, -0.2) is 0 Å². The van der Waals surface area contributed by atoms with Gasteiger partial charge in [0.15, 0.2) is 24.7 Å². The maximum absolute atomic E-state index is 12.1. The Balaban J connectivity index is 1.79. The Morgan fingerprint density at radius 3 is 2.16 bits per heavy atom. The molecule has 8 nitrogen and oxygen atoms in total. The lowest BCUT2D eigenvalue weighted by Gasteiger charge is -2.13. The van der Waals surface area contributed by atoms with E-state index in [-0.39, 0.29) is 30.8 Å². The van der Waals surface area contributed by atoms with Crippen molar-refractivity contribution < 1.29 is 28.6 Å². The second-order valence-electron chi connectivity index (χ2n) is 7.14. The largest absolute Gasteiger partial charge is 0.493 e. The first kappa shape index (κ1) is 24.7. The molecule has 0 aliphatic carbocycles. The number of Topliss-reactive ketones (excluding diaryl/α,β-unsaturated/α-hetero) is 1. The van der Waals surface area contributed by atoms with Crippen molar-refractivity contribution in [1.82, 2.24) is 10.6 Å². The van der Waals surface area contributed by atoms with Crippen LogP contribution < -0.4 is 24.8 Å². The SMILES string of the molecule is CCNC(=O)COc1ccc(CNC(=O)COc2ccc(CCC(C)=O)cc2)cc1OC. The van der Waals surface area contributed by atoms with Crippen molar-refractivity contribution in [2.45, 2.75) is 33.2 Å². The summed E-state index contributed by atoms with van der Waals surface area (Å²) in [5.74, 6) is 1.19. The minimum atomic E-state index is -0.263. The van der Waals surface area contributed by atoms with Gasteiger partial charge >= 0.3 is 0 Å². The molecule has 0 unspecified atom stereocenters. The third-order valence-corrected chi connectivity index (χ3v) is 4.51. The molecule has 0 saturated carbocycles. The molecule has 0 spiro atoms. The molecule has 172 valence electrons. The number of carbonyl (C=O) groups excluding carboxylic acids is 3. The Labute approximate surface area is 188 Å². The zero-order chi connectivity index (χ0) is 23.3. The van der Waals surface area contributed by atoms with Gasteiger partial charge in [0.05, 0.1) is 7.11 Å². The number of ether oxygens (including phenoxy) is 3. The molecule has 0 aromatic heterocycles. The zero-order valence-electron chi connectivity index (χ0n) is 18.7. The van der Waals surface area contributed by atoms with Crippen LogP contribution in [0, 0.1) is 0 Å². The number of nitrogens with one attached hydrogen (secondary N) is 2. The normalized spacial score (nSPS) is 10.2. The van der Waals surface area contributed by atoms with Gasteiger partial charge in [-0.1, -0.05) is 18.2 Å². The van der Waals surface area contributed by atoms with E-state index in [4.69, 9.17) is 14.2 Å². The molecular formula is C24H30N2O6. The second-order valence-corrected chi connectivity index (χ2v) is 7.14. The van der Waals surface area contributed by atoms with Crippen molar-refractivity contribution in [3.63, 3.8) is 0 Å². The lowest BCUT2D eigenvalue weighted by atomic mass is 10.1. The molecule has 2 amide bonds. The van der Waals surface area contributed by atoms with Crippen LogP contribution in [0.25, 0.3) is 0 Å². The number of hydrogen-bond donors (Lipinski definition) is 2. The summed E-state index contributed by atoms with van der Waals surface area (Å²) in [6.07, 6.45) is 1.20. The molecule has 0 aliphatic rings. The van der Waals surface area contributed by atoms with Gasteiger partial charge in [0.2, 0.25) is 0 Å². The monoisotopic (exact) mass is 442 g/mol. The zero-order valence-corrected chi connectivity index (χ0v) is 18.7. The van der Waals surface area contributed by atoms with Gasteiger partial charge in [0.25, 0.3) is 11.8 Å². The van der Waals surface area contributed by atoms with Crippen LogP contribution in [0.4, 0.5) is 0 Å². The van der Waals surface area contributed by atoms with Gasteiger partial charge in [0.1, 0.15) is 11.5 Å². The standard InChI is InChI=1S/C24H30N2O6/c1-4-25-23(28)16-32-21-12-9-19(13-22(21)30-3)14-26-24(29)15-31-20-10-7-18(8-11-20)6-5-17(2)27/h7-13H,4-6,14-16H2,1-3H3,(H,25,28)(H,26,29). The minimum Gasteiger partial charge on any atom is -0.493 e. The van der Waals surface area contributed by atoms with E-state index in [9.17, 15) is 14.4 Å². The predicted molar refractivity (Wildman–Crippen MR) is 120 cm³/mol. The van der Waals surface area contributed by atoms with Crippen molar-refractivity contribution >= 4 is 17.6 Å². The molecule has 0 fully saturated rings. The van der Waals surface area contributed by atoms with E-state index in [0.717, 1.165) is 11.1 Å². The van der Waals surface area contributed by atoms with Gasteiger partial charge in [-0.2, -0.15) is 0 Å². The van der Waals surface area contributed by atoms with Crippen LogP contribution in [0.5, 0.6) is 17.2 Å². The van der Waals surface area contributed by atoms with E-state index in [0.29, 0.717) is 43.2 Å². The number of hydrogen-bond acceptors (Lipinski definition) is 6. The number of ketones is 1. The molecular weight excluding hydrogens is 412 g/mol. The second kappa shape index (κ2) is 13.0. The molecule has 2 rings (SSSR count). The topological polar surface area (TPSA) is 103 Å². The first-order valence-corrected chi connectivity index (χ1v) is 10.5. The predicted octanol–water partition coefficient (Wildman–Crippen LogP) is 2.43. The van der Waals surface area contributed by atoms with Crippen LogP contribution in [-0.2, 0) is 27.3 Å². The Morgan fingerprint density at radius 1 is 0.844 bits per heavy atom. The van der Waals surface area contributed by atoms with Crippen LogP contribution in [-0.4, -0.2) is 44.5 Å². The Kier molecular flexibility index (Phi) is 10.0. The summed E-state index contributed by atoms with van der Waals surface area (Å²) < 4.78 is 16.3. The number of carbonyl (C=O) groups is 3. The Bertz CT molecular complexity index is 911. The van der Waals surface area contributed by atoms with Gasteiger partial charge in [0, 0.05) is 19.5 Å². The van der Waals surface area contributed by atoms with Gasteiger partial charge < -0.3 is 29.6 Å². The van der Waals surface area contributed by atoms with E-state index >= 15 is 0 Å². The molecule has 0 aliphatic heterocycles. The summed E-state index contributed by atoms with van der Waals surface area (Å²) in [7, 11) is 1.51. The fraction of sp³-hybridized carbons (Fsp3) is 0.375. The van der Waals surface area contributed by atoms with Crippen molar-refractivity contribution in [3.8, 4) is 17.2 Å². The van der Waals surface area contributed by atoms with Crippen LogP contribution >= 0.6 is 0 Å². The van der Waals surface area contributed by atoms with Crippen LogP contribution in [0.2, 0.25) is 0 Å². The summed E-state index contributed by atoms with van der Waals surface area (Å²) in [6, 6.07) is 12.6. The lowest BCUT2D eigenvalue weighted by Crippen LogP contribution is -2.28. The number of likely N-dealkylation sites (N-methyl/N-ethyl adjacent to an activating group) is 1. The fourth-order valence-electron chi connectivity index (χ4n) is 2.81. The van der Waals surface area contributed by atoms with Gasteiger partial charge in [-0.05, 0) is 55.7 Å². The Morgan fingerprint density at radius 2 is 1.50 bits per heavy atom. The quantitative estimate of drug-likeness (QED) is 0.494. The van der Waals surface area contributed by atoms with E-state index in [1.165, 1.54) is 7.11 Å². The van der Waals surface area contributed by atoms with Crippen molar-refractivity contribution in [1.29, 1.82) is 0 Å². The highest BCUT2D eigenvalue weighted by Crippen LogP contribution is 2.28. The third-order valence-electron chi connectivity index (χ3n) is 4.51. The summed E-state index contributed by atoms with van der Waals surface area (Å²) in [5.41, 5.74) is 1.86. The van der Waals surface area contributed by atoms with E-state index in [2.05, 4.69) is 10.6 Å². The summed E-state index contributed by atoms with van der Waals surface area (Å²) in [4.78, 5) is 34.7. The van der Waals surface area contributed by atoms with Crippen LogP contribution in [0.15, 0.2) is 42.5 Å². The Hall–Kier alpha value is -3.55. The first-order chi connectivity index (χ1) is 15.4. The van der Waals surface area contributed by atoms with Crippen molar-refractivity contribution in [3.05, 3.63) is 53.6 Å². The highest BCUT2D eigenvalue weighted by molar-refractivity contribution is 5.78. The minimum absolute atomic E-state index is 0.102. The first-order valence-electron chi connectivity index (χ1n) is 10.5. The number of aryl methyl sites for hydroxylation is 1. The number of rotatable bonds is 13. The van der Waals surface area contributed by atoms with Crippen molar-refractivity contribution in [2.24, 2.45) is 0 Å². The smallest absolute Gasteiger partial charge is 0.258 e. The maximum Gasteiger partial charge on any atom is 0.258 e. The lowest BCUT2D eigenvalue weighted by molar-refractivity contribution is -0.123. The molecule has 8 heteroatoms. The molecule has 0 radical (unpaired) electrons. The van der Waals surface area contributed by atoms with Crippen molar-refractivity contribution in [2.75, 3.05) is 26.9 Å². The average Bonchev–Trinajstić information content (AvgIpc) is 2.79. The van der Waals surface area contributed by atoms with Gasteiger partial charge in [-0.3, -0.25) is 9.59 Å². The molecule has 0 atom stereocenters. The molecule has 2 N–H and O–H groups in total. The molecule has 0 heterocycles. The maximum atomic E-state index is 12.1. The van der Waals surface area contributed by atoms with Crippen LogP contribution in [0.3, 0.4) is 0 Å². The highest BCUT2D eigenvalue weighted by atomic mass is 16.5. The summed E-state index contributed by atoms with van der Waals surface area (Å²) in [6.45, 7) is 4.02. The van der Waals surface area contributed by atoms with Crippen LogP contribution in [0.1, 0.15) is 31.4 Å². The van der Waals surface area contributed by atoms with Gasteiger partial charge in [-0.15, -0.1) is 0 Å². The number of benzene rings is 2. The molecule has 32 heavy (non-hydrogen) atoms. The number of methoxy groups -OCH3 is 1. The fourth-order valence-corrected chi connectivity index (χ4v) is 2.81. The molecule has 0 saturated heterocycles. The molecule has 2 aromatic rings. The molecule has 2 aromatic carbocycles. The summed E-state index contributed by atoms with van der Waals surface area (Å²) in [5, 5.41) is 5.45. The van der Waals surface area contributed by atoms with E-state index in [1.807, 2.05) is 19.1 Å². The summed E-state index contributed by atoms with van der Waals surface area (Å²) >= 11 is 0. The van der Waals surface area contributed by atoms with E-state index in [1.54, 1.807) is 37.3 Å². The molecule has 0 bridgehead atoms. The number of amides is 2. The average molecular weight is 443 g/mol. The van der Waals surface area contributed by atoms with E-state index < -0.39 is 0 Å². The highest BCUT2D eigenvalue weighted by Gasteiger charge is 2.10. The third kappa shape index (κ3) is 8.67.